The summed E-state index contributed by atoms with van der Waals surface area (Å²) < 4.78 is 11.2. The lowest BCUT2D eigenvalue weighted by atomic mass is 10.0. The molecule has 2 N–H and O–H groups in total. The van der Waals surface area contributed by atoms with Gasteiger partial charge in [-0.2, -0.15) is 0 Å². The molecular weight excluding hydrogens is 392 g/mol. The van der Waals surface area contributed by atoms with Gasteiger partial charge in [0.2, 0.25) is 5.91 Å². The van der Waals surface area contributed by atoms with Crippen LogP contribution in [0, 0.1) is 5.92 Å². The van der Waals surface area contributed by atoms with Gasteiger partial charge < -0.3 is 25.0 Å². The molecular formula is C24H38N4O3. The zero-order valence-corrected chi connectivity index (χ0v) is 18.9. The largest absolute Gasteiger partial charge is 0.381 e. The number of aliphatic imine (C=N–C) groups is 1. The van der Waals surface area contributed by atoms with E-state index >= 15 is 0 Å². The van der Waals surface area contributed by atoms with Gasteiger partial charge in [-0.25, -0.2) is 0 Å². The van der Waals surface area contributed by atoms with E-state index in [1.807, 2.05) is 23.1 Å². The number of anilines is 1. The molecule has 0 atom stereocenters. The Labute approximate surface area is 186 Å². The number of carbonyl (C=O) groups is 1. The summed E-state index contributed by atoms with van der Waals surface area (Å²) in [6.45, 7) is 8.47. The molecule has 0 aromatic heterocycles. The number of fused-ring (bicyclic) bond motifs is 1. The second kappa shape index (κ2) is 13.3. The third-order valence-electron chi connectivity index (χ3n) is 5.80. The molecule has 1 fully saturated rings. The number of carbonyl (C=O) groups excluding carboxylic acids is 1. The molecule has 0 saturated carbocycles. The number of rotatable bonds is 11. The molecule has 0 radical (unpaired) electrons. The van der Waals surface area contributed by atoms with Crippen LogP contribution in [0.4, 0.5) is 5.69 Å². The topological polar surface area (TPSA) is 75.2 Å². The molecule has 3 rings (SSSR count). The number of benzene rings is 1. The number of ether oxygens (including phenoxy) is 2. The van der Waals surface area contributed by atoms with Gasteiger partial charge in [0.05, 0.1) is 0 Å². The summed E-state index contributed by atoms with van der Waals surface area (Å²) in [5.41, 5.74) is 2.34. The Kier molecular flexibility index (Phi) is 10.1. The van der Waals surface area contributed by atoms with Gasteiger partial charge in [0.1, 0.15) is 0 Å². The molecule has 172 valence electrons. The van der Waals surface area contributed by atoms with Crippen LogP contribution < -0.4 is 15.5 Å². The van der Waals surface area contributed by atoms with E-state index in [4.69, 9.17) is 9.47 Å². The van der Waals surface area contributed by atoms with E-state index in [-0.39, 0.29) is 5.91 Å². The minimum absolute atomic E-state index is 0.194. The van der Waals surface area contributed by atoms with Crippen molar-refractivity contribution in [3.05, 3.63) is 29.8 Å². The number of nitrogens with one attached hydrogen (secondary N) is 2. The van der Waals surface area contributed by atoms with Crippen molar-refractivity contribution in [2.45, 2.75) is 45.4 Å². The number of nitrogens with zero attached hydrogens (tertiary/aromatic N) is 2. The fourth-order valence-electron chi connectivity index (χ4n) is 4.04. The molecule has 1 amide bonds. The molecule has 0 bridgehead atoms. The summed E-state index contributed by atoms with van der Waals surface area (Å²) in [4.78, 5) is 19.1. The van der Waals surface area contributed by atoms with Gasteiger partial charge in [0, 0.05) is 64.7 Å². The van der Waals surface area contributed by atoms with Crippen molar-refractivity contribution >= 4 is 17.6 Å². The SMILES string of the molecule is CCNC(=NCCCC(=O)N1CCc2ccccc21)NCCCOCC1CCOCC1. The van der Waals surface area contributed by atoms with Crippen LogP contribution in [0.5, 0.6) is 0 Å². The van der Waals surface area contributed by atoms with Crippen molar-refractivity contribution < 1.29 is 14.3 Å². The number of guanidine groups is 1. The molecule has 31 heavy (non-hydrogen) atoms. The van der Waals surface area contributed by atoms with Gasteiger partial charge in [-0.15, -0.1) is 0 Å². The molecule has 7 nitrogen and oxygen atoms in total. The summed E-state index contributed by atoms with van der Waals surface area (Å²) in [5.74, 6) is 1.66. The second-order valence-electron chi connectivity index (χ2n) is 8.20. The Balaban J connectivity index is 1.29. The molecule has 1 aromatic rings. The first kappa shape index (κ1) is 23.5. The van der Waals surface area contributed by atoms with Crippen LogP contribution >= 0.6 is 0 Å². The van der Waals surface area contributed by atoms with E-state index in [2.05, 4.69) is 28.6 Å². The van der Waals surface area contributed by atoms with Gasteiger partial charge in [-0.05, 0) is 56.6 Å². The molecule has 0 unspecified atom stereocenters. The Morgan fingerprint density at radius 3 is 2.90 bits per heavy atom. The van der Waals surface area contributed by atoms with Crippen LogP contribution in [-0.2, 0) is 20.7 Å². The maximum absolute atomic E-state index is 12.6. The van der Waals surface area contributed by atoms with Crippen LogP contribution in [0.15, 0.2) is 29.3 Å². The van der Waals surface area contributed by atoms with Crippen LogP contribution in [-0.4, -0.2) is 64.5 Å². The molecule has 0 spiro atoms. The molecule has 7 heteroatoms. The summed E-state index contributed by atoms with van der Waals surface area (Å²) in [5, 5.41) is 6.63. The predicted octanol–water partition coefficient (Wildman–Crippen LogP) is 2.74. The maximum atomic E-state index is 12.6. The standard InChI is InChI=1S/C24H38N4O3/c1-2-25-24(27-14-6-16-31-19-20-11-17-30-18-12-20)26-13-5-9-23(29)28-15-10-21-7-3-4-8-22(21)28/h3-4,7-8,20H,2,5-6,9-19H2,1H3,(H2,25,26,27). The molecule has 1 saturated heterocycles. The van der Waals surface area contributed by atoms with Gasteiger partial charge in [-0.3, -0.25) is 9.79 Å². The van der Waals surface area contributed by atoms with Gasteiger partial charge in [-0.1, -0.05) is 18.2 Å². The average Bonchev–Trinajstić information content (AvgIpc) is 3.23. The number of amides is 1. The lowest BCUT2D eigenvalue weighted by Gasteiger charge is -2.21. The van der Waals surface area contributed by atoms with Gasteiger partial charge >= 0.3 is 0 Å². The van der Waals surface area contributed by atoms with E-state index < -0.39 is 0 Å². The van der Waals surface area contributed by atoms with Crippen molar-refractivity contribution in [3.63, 3.8) is 0 Å². The molecule has 2 aliphatic heterocycles. The zero-order chi connectivity index (χ0) is 21.7. The van der Waals surface area contributed by atoms with Gasteiger partial charge in [0.25, 0.3) is 0 Å². The summed E-state index contributed by atoms with van der Waals surface area (Å²) in [6, 6.07) is 8.18. The third-order valence-corrected chi connectivity index (χ3v) is 5.80. The number of hydrogen-bond donors (Lipinski definition) is 2. The van der Waals surface area contributed by atoms with E-state index in [1.54, 1.807) is 0 Å². The third kappa shape index (κ3) is 7.82. The Morgan fingerprint density at radius 1 is 1.23 bits per heavy atom. The highest BCUT2D eigenvalue weighted by Crippen LogP contribution is 2.28. The summed E-state index contributed by atoms with van der Waals surface area (Å²) >= 11 is 0. The minimum atomic E-state index is 0.194. The van der Waals surface area contributed by atoms with Gasteiger partial charge in [0.15, 0.2) is 5.96 Å². The van der Waals surface area contributed by atoms with E-state index in [0.717, 1.165) is 89.8 Å². The summed E-state index contributed by atoms with van der Waals surface area (Å²) in [6.07, 6.45) is 5.40. The lowest BCUT2D eigenvalue weighted by molar-refractivity contribution is -0.118. The number of para-hydroxylation sites is 1. The Morgan fingerprint density at radius 2 is 2.06 bits per heavy atom. The highest BCUT2D eigenvalue weighted by molar-refractivity contribution is 5.95. The van der Waals surface area contributed by atoms with Crippen LogP contribution in [0.3, 0.4) is 0 Å². The molecule has 0 aliphatic carbocycles. The molecule has 1 aromatic carbocycles. The molecule has 2 aliphatic rings. The monoisotopic (exact) mass is 430 g/mol. The summed E-state index contributed by atoms with van der Waals surface area (Å²) in [7, 11) is 0. The van der Waals surface area contributed by atoms with E-state index in [0.29, 0.717) is 18.9 Å². The fraction of sp³-hybridized carbons (Fsp3) is 0.667. The first-order chi connectivity index (χ1) is 15.3. The first-order valence-electron chi connectivity index (χ1n) is 11.8. The fourth-order valence-corrected chi connectivity index (χ4v) is 4.04. The molecule has 2 heterocycles. The number of hydrogen-bond acceptors (Lipinski definition) is 4. The van der Waals surface area contributed by atoms with Crippen molar-refractivity contribution in [1.29, 1.82) is 0 Å². The van der Waals surface area contributed by atoms with Crippen LogP contribution in [0.25, 0.3) is 0 Å². The van der Waals surface area contributed by atoms with Crippen molar-refractivity contribution in [2.24, 2.45) is 10.9 Å². The highest BCUT2D eigenvalue weighted by Gasteiger charge is 2.23. The normalized spacial score (nSPS) is 16.9. The van der Waals surface area contributed by atoms with Crippen molar-refractivity contribution in [2.75, 3.05) is 57.5 Å². The van der Waals surface area contributed by atoms with E-state index in [9.17, 15) is 4.79 Å². The minimum Gasteiger partial charge on any atom is -0.381 e. The Hall–Kier alpha value is -2.12. The average molecular weight is 431 g/mol. The first-order valence-corrected chi connectivity index (χ1v) is 11.8. The van der Waals surface area contributed by atoms with E-state index in [1.165, 1.54) is 5.56 Å². The Bertz CT molecular complexity index is 704. The lowest BCUT2D eigenvalue weighted by Crippen LogP contribution is -2.38. The highest BCUT2D eigenvalue weighted by atomic mass is 16.5. The maximum Gasteiger partial charge on any atom is 0.227 e. The van der Waals surface area contributed by atoms with Crippen LogP contribution in [0.1, 0.15) is 44.6 Å². The predicted molar refractivity (Wildman–Crippen MR) is 125 cm³/mol. The smallest absolute Gasteiger partial charge is 0.227 e. The van der Waals surface area contributed by atoms with Crippen molar-refractivity contribution in [3.8, 4) is 0 Å². The van der Waals surface area contributed by atoms with Crippen LogP contribution in [0.2, 0.25) is 0 Å². The second-order valence-corrected chi connectivity index (χ2v) is 8.20. The zero-order valence-electron chi connectivity index (χ0n) is 18.9. The quantitative estimate of drug-likeness (QED) is 0.321. The van der Waals surface area contributed by atoms with Crippen molar-refractivity contribution in [1.82, 2.24) is 10.6 Å².